The molecule has 1 aliphatic rings. The van der Waals surface area contributed by atoms with E-state index in [-0.39, 0.29) is 0 Å². The van der Waals surface area contributed by atoms with Crippen molar-refractivity contribution in [1.82, 2.24) is 4.90 Å². The molecule has 0 saturated carbocycles. The molecule has 0 bridgehead atoms. The summed E-state index contributed by atoms with van der Waals surface area (Å²) in [5.41, 5.74) is 1.35. The van der Waals surface area contributed by atoms with E-state index in [2.05, 4.69) is 46.8 Å². The van der Waals surface area contributed by atoms with Crippen molar-refractivity contribution >= 4 is 16.9 Å². The fourth-order valence-electron chi connectivity index (χ4n) is 2.01. The Hall–Kier alpha value is -1.22. The Morgan fingerprint density at radius 3 is 2.67 bits per heavy atom. The zero-order valence-electron chi connectivity index (χ0n) is 10.7. The molecular weight excluding hydrogens is 240 g/mol. The Bertz CT molecular complexity index is 394. The first-order valence-corrected chi connectivity index (χ1v) is 7.46. The van der Waals surface area contributed by atoms with Gasteiger partial charge in [0.2, 0.25) is 0 Å². The summed E-state index contributed by atoms with van der Waals surface area (Å²) in [6, 6.07) is 10.6. The summed E-state index contributed by atoms with van der Waals surface area (Å²) in [5, 5.41) is 1.18. The Kier molecular flexibility index (Phi) is 5.34. The lowest BCUT2D eigenvalue weighted by atomic mass is 10.2. The minimum atomic E-state index is 0.716. The molecule has 0 unspecified atom stereocenters. The third-order valence-corrected chi connectivity index (χ3v) is 4.07. The molecule has 1 aromatic rings. The van der Waals surface area contributed by atoms with Crippen LogP contribution in [0, 0.1) is 0 Å². The molecular formula is C15H20N2S. The second kappa shape index (κ2) is 7.27. The van der Waals surface area contributed by atoms with Gasteiger partial charge in [0.1, 0.15) is 0 Å². The maximum atomic E-state index is 4.63. The molecule has 2 rings (SSSR count). The zero-order valence-corrected chi connectivity index (χ0v) is 11.5. The Morgan fingerprint density at radius 1 is 1.28 bits per heavy atom. The number of hydrogen-bond acceptors (Lipinski definition) is 2. The summed E-state index contributed by atoms with van der Waals surface area (Å²) in [6.45, 7) is 6.76. The van der Waals surface area contributed by atoms with Crippen LogP contribution in [0.3, 0.4) is 0 Å². The van der Waals surface area contributed by atoms with Crippen molar-refractivity contribution in [3.8, 4) is 0 Å². The predicted molar refractivity (Wildman–Crippen MR) is 81.0 cm³/mol. The molecule has 0 amide bonds. The molecule has 1 aliphatic heterocycles. The number of amidine groups is 1. The first-order valence-electron chi connectivity index (χ1n) is 6.47. The van der Waals surface area contributed by atoms with E-state index in [1.165, 1.54) is 23.6 Å². The van der Waals surface area contributed by atoms with Crippen molar-refractivity contribution < 1.29 is 0 Å². The third kappa shape index (κ3) is 3.91. The lowest BCUT2D eigenvalue weighted by Crippen LogP contribution is -2.25. The summed E-state index contributed by atoms with van der Waals surface area (Å²) in [7, 11) is 0. The molecule has 2 nitrogen and oxygen atoms in total. The van der Waals surface area contributed by atoms with E-state index in [9.17, 15) is 0 Å². The van der Waals surface area contributed by atoms with Gasteiger partial charge in [-0.15, -0.1) is 6.58 Å². The average molecular weight is 260 g/mol. The lowest BCUT2D eigenvalue weighted by molar-refractivity contribution is 0.528. The van der Waals surface area contributed by atoms with Gasteiger partial charge in [-0.25, -0.2) is 0 Å². The SMILES string of the molecule is C=CCN=C(SCc1ccccc1)N1CCCC1. The van der Waals surface area contributed by atoms with Gasteiger partial charge in [0, 0.05) is 18.8 Å². The van der Waals surface area contributed by atoms with Crippen LogP contribution in [0.1, 0.15) is 18.4 Å². The molecule has 0 radical (unpaired) electrons. The highest BCUT2D eigenvalue weighted by molar-refractivity contribution is 8.13. The van der Waals surface area contributed by atoms with E-state index < -0.39 is 0 Å². The molecule has 0 spiro atoms. The second-order valence-electron chi connectivity index (χ2n) is 4.38. The van der Waals surface area contributed by atoms with Crippen LogP contribution in [0.2, 0.25) is 0 Å². The van der Waals surface area contributed by atoms with Gasteiger partial charge in [0.25, 0.3) is 0 Å². The van der Waals surface area contributed by atoms with Crippen LogP contribution < -0.4 is 0 Å². The molecule has 0 aromatic heterocycles. The van der Waals surface area contributed by atoms with Gasteiger partial charge >= 0.3 is 0 Å². The highest BCUT2D eigenvalue weighted by Crippen LogP contribution is 2.20. The van der Waals surface area contributed by atoms with Crippen LogP contribution in [-0.2, 0) is 5.75 Å². The van der Waals surface area contributed by atoms with Gasteiger partial charge in [-0.2, -0.15) is 0 Å². The predicted octanol–water partition coefficient (Wildman–Crippen LogP) is 3.56. The number of hydrogen-bond donors (Lipinski definition) is 0. The average Bonchev–Trinajstić information content (AvgIpc) is 2.94. The fourth-order valence-corrected chi connectivity index (χ4v) is 3.03. The number of rotatable bonds is 4. The number of aliphatic imine (C=N–C) groups is 1. The Morgan fingerprint density at radius 2 is 2.00 bits per heavy atom. The summed E-state index contributed by atoms with van der Waals surface area (Å²) in [4.78, 5) is 7.03. The Labute approximate surface area is 114 Å². The van der Waals surface area contributed by atoms with Crippen LogP contribution >= 0.6 is 11.8 Å². The molecule has 1 saturated heterocycles. The van der Waals surface area contributed by atoms with E-state index >= 15 is 0 Å². The smallest absolute Gasteiger partial charge is 0.159 e. The van der Waals surface area contributed by atoms with Crippen molar-refractivity contribution in [3.05, 3.63) is 48.6 Å². The fraction of sp³-hybridized carbons (Fsp3) is 0.400. The van der Waals surface area contributed by atoms with Gasteiger partial charge in [-0.1, -0.05) is 48.2 Å². The molecule has 0 N–H and O–H groups in total. The third-order valence-electron chi connectivity index (χ3n) is 2.94. The van der Waals surface area contributed by atoms with Gasteiger partial charge in [0.05, 0.1) is 6.54 Å². The van der Waals surface area contributed by atoms with E-state index in [1.807, 2.05) is 17.8 Å². The lowest BCUT2D eigenvalue weighted by Gasteiger charge is -2.19. The van der Waals surface area contributed by atoms with Crippen LogP contribution in [0.4, 0.5) is 0 Å². The number of likely N-dealkylation sites (tertiary alicyclic amines) is 1. The van der Waals surface area contributed by atoms with Crippen LogP contribution in [0.5, 0.6) is 0 Å². The van der Waals surface area contributed by atoms with Crippen LogP contribution in [0.25, 0.3) is 0 Å². The molecule has 0 aliphatic carbocycles. The van der Waals surface area contributed by atoms with Crippen molar-refractivity contribution in [2.24, 2.45) is 4.99 Å². The van der Waals surface area contributed by atoms with Gasteiger partial charge in [0.15, 0.2) is 5.17 Å². The van der Waals surface area contributed by atoms with Gasteiger partial charge in [-0.05, 0) is 18.4 Å². The number of benzene rings is 1. The van der Waals surface area contributed by atoms with Crippen molar-refractivity contribution in [2.75, 3.05) is 19.6 Å². The first-order chi connectivity index (χ1) is 8.90. The summed E-state index contributed by atoms with van der Waals surface area (Å²) in [6.07, 6.45) is 4.44. The maximum absolute atomic E-state index is 4.63. The topological polar surface area (TPSA) is 15.6 Å². The minimum absolute atomic E-state index is 0.716. The number of thioether (sulfide) groups is 1. The van der Waals surface area contributed by atoms with Gasteiger partial charge in [-0.3, -0.25) is 4.99 Å². The maximum Gasteiger partial charge on any atom is 0.159 e. The Balaban J connectivity index is 1.94. The van der Waals surface area contributed by atoms with Gasteiger partial charge < -0.3 is 4.90 Å². The van der Waals surface area contributed by atoms with Crippen molar-refractivity contribution in [2.45, 2.75) is 18.6 Å². The van der Waals surface area contributed by atoms with Crippen molar-refractivity contribution in [1.29, 1.82) is 0 Å². The molecule has 1 heterocycles. The van der Waals surface area contributed by atoms with E-state index in [0.717, 1.165) is 18.8 Å². The quantitative estimate of drug-likeness (QED) is 0.467. The summed E-state index contributed by atoms with van der Waals surface area (Å²) >= 11 is 1.84. The molecule has 0 atom stereocenters. The highest BCUT2D eigenvalue weighted by atomic mass is 32.2. The summed E-state index contributed by atoms with van der Waals surface area (Å²) in [5.74, 6) is 0.993. The molecule has 1 aromatic carbocycles. The summed E-state index contributed by atoms with van der Waals surface area (Å²) < 4.78 is 0. The zero-order chi connectivity index (χ0) is 12.6. The molecule has 96 valence electrons. The van der Waals surface area contributed by atoms with Crippen molar-refractivity contribution in [3.63, 3.8) is 0 Å². The molecule has 18 heavy (non-hydrogen) atoms. The largest absolute Gasteiger partial charge is 0.351 e. The molecule has 3 heteroatoms. The van der Waals surface area contributed by atoms with E-state index in [4.69, 9.17) is 0 Å². The molecule has 1 fully saturated rings. The van der Waals surface area contributed by atoms with E-state index in [0.29, 0.717) is 6.54 Å². The van der Waals surface area contributed by atoms with Crippen LogP contribution in [-0.4, -0.2) is 29.7 Å². The second-order valence-corrected chi connectivity index (χ2v) is 5.32. The number of nitrogens with zero attached hydrogens (tertiary/aromatic N) is 2. The monoisotopic (exact) mass is 260 g/mol. The highest BCUT2D eigenvalue weighted by Gasteiger charge is 2.16. The van der Waals surface area contributed by atoms with Crippen LogP contribution in [0.15, 0.2) is 48.0 Å². The first kappa shape index (κ1) is 13.2. The van der Waals surface area contributed by atoms with E-state index in [1.54, 1.807) is 0 Å². The normalized spacial score (nSPS) is 16.0. The minimum Gasteiger partial charge on any atom is -0.351 e. The standard InChI is InChI=1S/C15H20N2S/c1-2-10-16-15(17-11-6-7-12-17)18-13-14-8-4-3-5-9-14/h2-5,8-9H,1,6-7,10-13H2.